The Morgan fingerprint density at radius 2 is 0.806 bits per heavy atom. The van der Waals surface area contributed by atoms with Crippen LogP contribution in [0.4, 0.5) is 0 Å². The zero-order chi connectivity index (χ0) is 26.3. The third-order valence-corrected chi connectivity index (χ3v) is 12.6. The molecule has 0 N–H and O–H groups in total. The van der Waals surface area contributed by atoms with Gasteiger partial charge < -0.3 is 0 Å². The molecule has 0 spiro atoms. The molecule has 0 saturated heterocycles. The third kappa shape index (κ3) is 10.6. The highest BCUT2D eigenvalue weighted by atomic mass is 32.2. The van der Waals surface area contributed by atoms with Crippen LogP contribution >= 0.6 is 22.7 Å². The minimum absolute atomic E-state index is 0.122. The summed E-state index contributed by atoms with van der Waals surface area (Å²) in [5, 5.41) is 3.54. The Labute approximate surface area is 228 Å². The van der Waals surface area contributed by atoms with Gasteiger partial charge in [0, 0.05) is 0 Å². The van der Waals surface area contributed by atoms with E-state index < -0.39 is 19.7 Å². The number of rotatable bonds is 21. The van der Waals surface area contributed by atoms with Gasteiger partial charge in [-0.15, -0.1) is 22.7 Å². The van der Waals surface area contributed by atoms with Crippen molar-refractivity contribution in [2.45, 2.75) is 126 Å². The van der Waals surface area contributed by atoms with E-state index in [4.69, 9.17) is 0 Å². The van der Waals surface area contributed by atoms with Crippen molar-refractivity contribution in [2.75, 3.05) is 11.5 Å². The van der Waals surface area contributed by atoms with E-state index in [2.05, 4.69) is 13.8 Å². The molecule has 0 unspecified atom stereocenters. The molecule has 0 aliphatic rings. The first-order chi connectivity index (χ1) is 17.3. The van der Waals surface area contributed by atoms with Crippen molar-refractivity contribution in [3.63, 3.8) is 0 Å². The highest BCUT2D eigenvalue weighted by Crippen LogP contribution is 2.41. The van der Waals surface area contributed by atoms with Crippen molar-refractivity contribution >= 4 is 42.3 Å². The van der Waals surface area contributed by atoms with E-state index in [9.17, 15) is 16.8 Å². The van der Waals surface area contributed by atoms with Gasteiger partial charge in [-0.25, -0.2) is 16.8 Å². The SMILES string of the molecule is CCCCCCCCCCS(=O)(=O)c1ccsc1-c1sccc1S(=O)(=O)CCCCCCCCCC. The molecule has 36 heavy (non-hydrogen) atoms. The van der Waals surface area contributed by atoms with Crippen molar-refractivity contribution < 1.29 is 16.8 Å². The summed E-state index contributed by atoms with van der Waals surface area (Å²) in [4.78, 5) is 1.75. The summed E-state index contributed by atoms with van der Waals surface area (Å²) < 4.78 is 52.6. The summed E-state index contributed by atoms with van der Waals surface area (Å²) in [6.07, 6.45) is 17.6. The third-order valence-electron chi connectivity index (χ3n) is 6.67. The maximum Gasteiger partial charge on any atom is 0.179 e. The fraction of sp³-hybridized carbons (Fsp3) is 0.714. The smallest absolute Gasteiger partial charge is 0.179 e. The molecule has 0 aromatic carbocycles. The predicted molar refractivity (Wildman–Crippen MR) is 157 cm³/mol. The fourth-order valence-corrected chi connectivity index (χ4v) is 10.5. The Morgan fingerprint density at radius 3 is 1.14 bits per heavy atom. The lowest BCUT2D eigenvalue weighted by Gasteiger charge is -2.09. The molecule has 0 amide bonds. The second kappa shape index (κ2) is 17.0. The molecular formula is C28H46O4S4. The van der Waals surface area contributed by atoms with Crippen molar-refractivity contribution in [3.8, 4) is 9.75 Å². The van der Waals surface area contributed by atoms with Crippen LogP contribution in [0.3, 0.4) is 0 Å². The average molecular weight is 575 g/mol. The van der Waals surface area contributed by atoms with Gasteiger partial charge in [-0.05, 0) is 35.7 Å². The molecule has 2 rings (SSSR count). The molecule has 0 atom stereocenters. The van der Waals surface area contributed by atoms with Gasteiger partial charge in [0.25, 0.3) is 0 Å². The van der Waals surface area contributed by atoms with Gasteiger partial charge in [-0.1, -0.05) is 104 Å². The molecule has 4 nitrogen and oxygen atoms in total. The Kier molecular flexibility index (Phi) is 14.9. The Bertz CT molecular complexity index is 978. The van der Waals surface area contributed by atoms with Crippen LogP contribution in [0, 0.1) is 0 Å². The Hall–Kier alpha value is -0.700. The van der Waals surface area contributed by atoms with Gasteiger partial charge in [0.15, 0.2) is 19.7 Å². The average Bonchev–Trinajstić information content (AvgIpc) is 3.53. The normalized spacial score (nSPS) is 12.4. The predicted octanol–water partition coefficient (Wildman–Crippen LogP) is 9.31. The van der Waals surface area contributed by atoms with E-state index in [0.29, 0.717) is 32.4 Å². The summed E-state index contributed by atoms with van der Waals surface area (Å²) in [5.41, 5.74) is 0. The number of sulfone groups is 2. The molecule has 2 aromatic rings. The van der Waals surface area contributed by atoms with Gasteiger partial charge in [-0.3, -0.25) is 0 Å². The zero-order valence-corrected chi connectivity index (χ0v) is 25.6. The lowest BCUT2D eigenvalue weighted by molar-refractivity contribution is 0.572. The molecule has 0 bridgehead atoms. The molecule has 0 saturated carbocycles. The minimum Gasteiger partial charge on any atom is -0.224 e. The molecule has 0 aliphatic carbocycles. The van der Waals surface area contributed by atoms with Gasteiger partial charge in [0.1, 0.15) is 0 Å². The lowest BCUT2D eigenvalue weighted by Crippen LogP contribution is -2.09. The number of thiophene rings is 2. The van der Waals surface area contributed by atoms with E-state index >= 15 is 0 Å². The Balaban J connectivity index is 1.93. The van der Waals surface area contributed by atoms with Crippen LogP contribution in [0.1, 0.15) is 117 Å². The molecular weight excluding hydrogens is 529 g/mol. The second-order valence-corrected chi connectivity index (χ2v) is 15.8. The highest BCUT2D eigenvalue weighted by molar-refractivity contribution is 7.92. The summed E-state index contributed by atoms with van der Waals surface area (Å²) in [7, 11) is -6.90. The monoisotopic (exact) mass is 574 g/mol. The summed E-state index contributed by atoms with van der Waals surface area (Å²) in [6, 6.07) is 3.30. The lowest BCUT2D eigenvalue weighted by atomic mass is 10.1. The van der Waals surface area contributed by atoms with Gasteiger partial charge in [-0.2, -0.15) is 0 Å². The molecule has 206 valence electrons. The largest absolute Gasteiger partial charge is 0.224 e. The number of hydrogen-bond acceptors (Lipinski definition) is 6. The van der Waals surface area contributed by atoms with Crippen LogP contribution in [-0.2, 0) is 19.7 Å². The van der Waals surface area contributed by atoms with Crippen LogP contribution in [-0.4, -0.2) is 28.3 Å². The molecule has 2 aromatic heterocycles. The second-order valence-electron chi connectivity index (χ2n) is 9.82. The highest BCUT2D eigenvalue weighted by Gasteiger charge is 2.27. The molecule has 8 heteroatoms. The first-order valence-electron chi connectivity index (χ1n) is 13.9. The van der Waals surface area contributed by atoms with Crippen LogP contribution < -0.4 is 0 Å². The van der Waals surface area contributed by atoms with Crippen molar-refractivity contribution in [3.05, 3.63) is 22.9 Å². The standard InChI is InChI=1S/C28H46O4S4/c1-3-5-7-9-11-13-15-17-23-35(29,30)25-19-21-33-27(25)28-26(20-22-34-28)36(31,32)24-18-16-14-12-10-8-6-4-2/h19-22H,3-18,23-24H2,1-2H3. The number of hydrogen-bond donors (Lipinski definition) is 0. The molecule has 0 radical (unpaired) electrons. The van der Waals surface area contributed by atoms with Crippen molar-refractivity contribution in [1.82, 2.24) is 0 Å². The van der Waals surface area contributed by atoms with Crippen molar-refractivity contribution in [1.29, 1.82) is 0 Å². The van der Waals surface area contributed by atoms with E-state index in [1.54, 1.807) is 22.9 Å². The summed E-state index contributed by atoms with van der Waals surface area (Å²) >= 11 is 2.65. The van der Waals surface area contributed by atoms with E-state index in [1.807, 2.05) is 0 Å². The first kappa shape index (κ1) is 31.5. The Morgan fingerprint density at radius 1 is 0.500 bits per heavy atom. The maximum atomic E-state index is 13.1. The molecule has 0 aliphatic heterocycles. The van der Waals surface area contributed by atoms with E-state index in [0.717, 1.165) is 25.7 Å². The fourth-order valence-electron chi connectivity index (χ4n) is 4.49. The van der Waals surface area contributed by atoms with E-state index in [1.165, 1.54) is 86.9 Å². The first-order valence-corrected chi connectivity index (χ1v) is 19.0. The maximum absolute atomic E-state index is 13.1. The van der Waals surface area contributed by atoms with Crippen LogP contribution in [0.25, 0.3) is 9.75 Å². The van der Waals surface area contributed by atoms with Gasteiger partial charge in [0.2, 0.25) is 0 Å². The summed E-state index contributed by atoms with van der Waals surface area (Å²) in [6.45, 7) is 4.41. The molecule has 2 heterocycles. The van der Waals surface area contributed by atoms with Crippen molar-refractivity contribution in [2.24, 2.45) is 0 Å². The van der Waals surface area contributed by atoms with Crippen LogP contribution in [0.5, 0.6) is 0 Å². The van der Waals surface area contributed by atoms with Gasteiger partial charge in [0.05, 0.1) is 31.1 Å². The number of unbranched alkanes of at least 4 members (excludes halogenated alkanes) is 14. The quantitative estimate of drug-likeness (QED) is 0.139. The topological polar surface area (TPSA) is 68.3 Å². The van der Waals surface area contributed by atoms with Crippen LogP contribution in [0.15, 0.2) is 32.7 Å². The minimum atomic E-state index is -3.45. The van der Waals surface area contributed by atoms with E-state index in [-0.39, 0.29) is 11.5 Å². The van der Waals surface area contributed by atoms with Gasteiger partial charge >= 0.3 is 0 Å². The zero-order valence-electron chi connectivity index (χ0n) is 22.3. The molecule has 0 fully saturated rings. The van der Waals surface area contributed by atoms with Crippen LogP contribution in [0.2, 0.25) is 0 Å². The summed E-state index contributed by atoms with van der Waals surface area (Å²) in [5.74, 6) is 0.245.